The Bertz CT molecular complexity index is 392. The summed E-state index contributed by atoms with van der Waals surface area (Å²) in [6.45, 7) is 5.87. The normalized spacial score (nSPS) is 30.8. The van der Waals surface area contributed by atoms with Gasteiger partial charge < -0.3 is 20.3 Å². The zero-order chi connectivity index (χ0) is 15.4. The standard InChI is InChI=1S/C17H31N3O2.2ClH/c1-22-11-10-20-8-5-15(6-9-20)19-16(21)17-7-3-2-4-14(17)12-18-13-17;;/h14-15,18H,2-13H2,1H3,(H,19,21);2*1H/t14-,17+;;/m0../s1. The fraction of sp³-hybridized carbons (Fsp3) is 0.941. The first-order valence-electron chi connectivity index (χ1n) is 8.97. The molecule has 0 aromatic carbocycles. The van der Waals surface area contributed by atoms with E-state index in [4.69, 9.17) is 4.74 Å². The van der Waals surface area contributed by atoms with Crippen LogP contribution in [0.4, 0.5) is 0 Å². The fourth-order valence-corrected chi connectivity index (χ4v) is 4.54. The van der Waals surface area contributed by atoms with Crippen molar-refractivity contribution in [2.24, 2.45) is 11.3 Å². The maximum atomic E-state index is 12.9. The van der Waals surface area contributed by atoms with Gasteiger partial charge in [-0.3, -0.25) is 4.79 Å². The molecule has 142 valence electrons. The van der Waals surface area contributed by atoms with Gasteiger partial charge in [-0.05, 0) is 38.1 Å². The van der Waals surface area contributed by atoms with Crippen molar-refractivity contribution in [1.82, 2.24) is 15.5 Å². The molecule has 5 nitrogen and oxygen atoms in total. The van der Waals surface area contributed by atoms with Gasteiger partial charge in [-0.2, -0.15) is 0 Å². The maximum absolute atomic E-state index is 12.9. The predicted molar refractivity (Wildman–Crippen MR) is 101 cm³/mol. The number of rotatable bonds is 5. The number of hydrogen-bond acceptors (Lipinski definition) is 4. The number of carbonyl (C=O) groups is 1. The molecule has 0 bridgehead atoms. The highest BCUT2D eigenvalue weighted by Gasteiger charge is 2.50. The number of piperidine rings is 1. The number of fused-ring (bicyclic) bond motifs is 1. The lowest BCUT2D eigenvalue weighted by Crippen LogP contribution is -2.53. The minimum Gasteiger partial charge on any atom is -0.383 e. The van der Waals surface area contributed by atoms with Crippen LogP contribution in [0, 0.1) is 11.3 Å². The third kappa shape index (κ3) is 4.76. The molecule has 0 radical (unpaired) electrons. The zero-order valence-corrected chi connectivity index (χ0v) is 16.4. The Morgan fingerprint density at radius 2 is 2.00 bits per heavy atom. The van der Waals surface area contributed by atoms with Gasteiger partial charge >= 0.3 is 0 Å². The van der Waals surface area contributed by atoms with Crippen molar-refractivity contribution in [3.8, 4) is 0 Å². The molecule has 3 fully saturated rings. The Balaban J connectivity index is 0.00000144. The topological polar surface area (TPSA) is 53.6 Å². The lowest BCUT2D eigenvalue weighted by Gasteiger charge is -2.39. The molecule has 0 spiro atoms. The molecular formula is C17H33Cl2N3O2. The number of likely N-dealkylation sites (tertiary alicyclic amines) is 1. The first-order chi connectivity index (χ1) is 10.7. The van der Waals surface area contributed by atoms with Gasteiger partial charge in [0, 0.05) is 39.3 Å². The highest BCUT2D eigenvalue weighted by Crippen LogP contribution is 2.44. The van der Waals surface area contributed by atoms with Crippen molar-refractivity contribution < 1.29 is 9.53 Å². The van der Waals surface area contributed by atoms with Crippen LogP contribution < -0.4 is 10.6 Å². The van der Waals surface area contributed by atoms with Crippen molar-refractivity contribution >= 4 is 30.7 Å². The monoisotopic (exact) mass is 381 g/mol. The highest BCUT2D eigenvalue weighted by atomic mass is 35.5. The second-order valence-electron chi connectivity index (χ2n) is 7.31. The van der Waals surface area contributed by atoms with Crippen LogP contribution in [-0.4, -0.2) is 63.3 Å². The molecule has 2 atom stereocenters. The number of amides is 1. The average molecular weight is 382 g/mol. The minimum absolute atomic E-state index is 0. The number of nitrogens with zero attached hydrogens (tertiary/aromatic N) is 1. The number of carbonyl (C=O) groups excluding carboxylic acids is 1. The second kappa shape index (κ2) is 10.2. The molecule has 1 saturated carbocycles. The Morgan fingerprint density at radius 1 is 1.25 bits per heavy atom. The molecule has 7 heteroatoms. The smallest absolute Gasteiger partial charge is 0.228 e. The van der Waals surface area contributed by atoms with Crippen LogP contribution in [-0.2, 0) is 9.53 Å². The van der Waals surface area contributed by atoms with Gasteiger partial charge in [0.2, 0.25) is 5.91 Å². The molecule has 2 aliphatic heterocycles. The molecule has 3 rings (SSSR count). The molecule has 1 aliphatic carbocycles. The summed E-state index contributed by atoms with van der Waals surface area (Å²) in [5.41, 5.74) is -0.106. The molecule has 2 saturated heterocycles. The van der Waals surface area contributed by atoms with Gasteiger partial charge in [-0.1, -0.05) is 12.8 Å². The lowest BCUT2D eigenvalue weighted by atomic mass is 9.67. The van der Waals surface area contributed by atoms with Crippen LogP contribution in [0.5, 0.6) is 0 Å². The first-order valence-corrected chi connectivity index (χ1v) is 8.97. The van der Waals surface area contributed by atoms with Gasteiger partial charge in [-0.25, -0.2) is 0 Å². The predicted octanol–water partition coefficient (Wildman–Crippen LogP) is 1.84. The third-order valence-electron chi connectivity index (χ3n) is 6.02. The zero-order valence-electron chi connectivity index (χ0n) is 14.7. The van der Waals surface area contributed by atoms with E-state index in [1.807, 2.05) is 0 Å². The van der Waals surface area contributed by atoms with Crippen LogP contribution in [0.1, 0.15) is 38.5 Å². The molecule has 24 heavy (non-hydrogen) atoms. The van der Waals surface area contributed by atoms with Crippen molar-refractivity contribution in [3.05, 3.63) is 0 Å². The summed E-state index contributed by atoms with van der Waals surface area (Å²) in [7, 11) is 1.75. The van der Waals surface area contributed by atoms with Gasteiger partial charge in [0.15, 0.2) is 0 Å². The molecule has 1 amide bonds. The molecule has 3 aliphatic rings. The molecular weight excluding hydrogens is 349 g/mol. The Morgan fingerprint density at radius 3 is 2.71 bits per heavy atom. The van der Waals surface area contributed by atoms with Crippen LogP contribution >= 0.6 is 24.8 Å². The summed E-state index contributed by atoms with van der Waals surface area (Å²) in [4.78, 5) is 15.4. The average Bonchev–Trinajstić information content (AvgIpc) is 2.99. The van der Waals surface area contributed by atoms with E-state index < -0.39 is 0 Å². The summed E-state index contributed by atoms with van der Waals surface area (Å²) in [5.74, 6) is 0.889. The summed E-state index contributed by atoms with van der Waals surface area (Å²) in [5, 5.41) is 6.86. The Hall–Kier alpha value is -0.0700. The van der Waals surface area contributed by atoms with Gasteiger partial charge in [0.05, 0.1) is 12.0 Å². The summed E-state index contributed by atoms with van der Waals surface area (Å²) in [6.07, 6.45) is 6.94. The van der Waals surface area contributed by atoms with E-state index in [1.165, 1.54) is 19.3 Å². The number of halogens is 2. The van der Waals surface area contributed by atoms with E-state index in [0.29, 0.717) is 17.9 Å². The summed E-state index contributed by atoms with van der Waals surface area (Å²) in [6, 6.07) is 0.365. The minimum atomic E-state index is -0.106. The molecule has 0 unspecified atom stereocenters. The van der Waals surface area contributed by atoms with E-state index in [2.05, 4.69) is 15.5 Å². The quantitative estimate of drug-likeness (QED) is 0.762. The van der Waals surface area contributed by atoms with Crippen LogP contribution in [0.2, 0.25) is 0 Å². The van der Waals surface area contributed by atoms with Crippen molar-refractivity contribution in [3.63, 3.8) is 0 Å². The largest absolute Gasteiger partial charge is 0.383 e. The van der Waals surface area contributed by atoms with Gasteiger partial charge in [0.1, 0.15) is 0 Å². The van der Waals surface area contributed by atoms with Gasteiger partial charge in [0.25, 0.3) is 0 Å². The summed E-state index contributed by atoms with van der Waals surface area (Å²) >= 11 is 0. The molecule has 0 aromatic heterocycles. The third-order valence-corrected chi connectivity index (χ3v) is 6.02. The molecule has 2 heterocycles. The van der Waals surface area contributed by atoms with E-state index in [9.17, 15) is 4.79 Å². The molecule has 0 aromatic rings. The van der Waals surface area contributed by atoms with Crippen molar-refractivity contribution in [2.75, 3.05) is 46.4 Å². The number of nitrogens with one attached hydrogen (secondary N) is 2. The van der Waals surface area contributed by atoms with E-state index in [-0.39, 0.29) is 30.2 Å². The van der Waals surface area contributed by atoms with Crippen molar-refractivity contribution in [2.45, 2.75) is 44.6 Å². The Labute approximate surface area is 158 Å². The number of ether oxygens (including phenoxy) is 1. The van der Waals surface area contributed by atoms with Crippen molar-refractivity contribution in [1.29, 1.82) is 0 Å². The fourth-order valence-electron chi connectivity index (χ4n) is 4.54. The SMILES string of the molecule is COCCN1CCC(NC(=O)[C@@]23CCCC[C@H]2CNC3)CC1.Cl.Cl. The van der Waals surface area contributed by atoms with Crippen LogP contribution in [0.15, 0.2) is 0 Å². The molecule has 2 N–H and O–H groups in total. The van der Waals surface area contributed by atoms with E-state index in [1.54, 1.807) is 7.11 Å². The van der Waals surface area contributed by atoms with E-state index in [0.717, 1.165) is 58.6 Å². The summed E-state index contributed by atoms with van der Waals surface area (Å²) < 4.78 is 5.14. The highest BCUT2D eigenvalue weighted by molar-refractivity contribution is 5.85. The van der Waals surface area contributed by atoms with E-state index >= 15 is 0 Å². The number of hydrogen-bond donors (Lipinski definition) is 2. The maximum Gasteiger partial charge on any atom is 0.228 e. The van der Waals surface area contributed by atoms with Gasteiger partial charge in [-0.15, -0.1) is 24.8 Å². The van der Waals surface area contributed by atoms with Crippen LogP contribution in [0.3, 0.4) is 0 Å². The first kappa shape index (κ1) is 22.0. The van der Waals surface area contributed by atoms with Crippen LogP contribution in [0.25, 0.3) is 0 Å². The second-order valence-corrected chi connectivity index (χ2v) is 7.31. The lowest BCUT2D eigenvalue weighted by molar-refractivity contribution is -0.135. The Kier molecular flexibility index (Phi) is 9.31. The number of methoxy groups -OCH3 is 1.